The molecule has 0 spiro atoms. The molecule has 0 fully saturated rings. The Bertz CT molecular complexity index is 1270. The number of benzene rings is 2. The highest BCUT2D eigenvalue weighted by Gasteiger charge is 2.43. The minimum atomic E-state index is -0.885. The summed E-state index contributed by atoms with van der Waals surface area (Å²) in [6.45, 7) is 8.06. The second-order valence-corrected chi connectivity index (χ2v) is 10.2. The largest absolute Gasteiger partial charge is 0.289 e. The van der Waals surface area contributed by atoms with Gasteiger partial charge in [0.15, 0.2) is 11.7 Å². The molecule has 182 valence electrons. The van der Waals surface area contributed by atoms with Crippen LogP contribution < -0.4 is 0 Å². The molecule has 0 radical (unpaired) electrons. The van der Waals surface area contributed by atoms with Crippen molar-refractivity contribution in [2.24, 2.45) is 9.98 Å². The van der Waals surface area contributed by atoms with E-state index >= 15 is 0 Å². The summed E-state index contributed by atoms with van der Waals surface area (Å²) in [5, 5.41) is 0. The van der Waals surface area contributed by atoms with Gasteiger partial charge in [0.1, 0.15) is 22.5 Å². The number of hydrogen-bond acceptors (Lipinski definition) is 5. The van der Waals surface area contributed by atoms with Crippen molar-refractivity contribution in [1.82, 2.24) is 14.8 Å². The van der Waals surface area contributed by atoms with E-state index in [1.165, 1.54) is 0 Å². The Morgan fingerprint density at radius 1 is 0.583 bits per heavy atom. The molecular weight excluding hydrogens is 450 g/mol. The van der Waals surface area contributed by atoms with E-state index in [0.29, 0.717) is 36.1 Å². The topological polar surface area (TPSA) is 78.2 Å². The van der Waals surface area contributed by atoms with Gasteiger partial charge in [0.25, 0.3) is 11.8 Å². The molecule has 3 aromatic rings. The van der Waals surface area contributed by atoms with Crippen LogP contribution in [0, 0.1) is 0 Å². The molecule has 0 bridgehead atoms. The lowest BCUT2D eigenvalue weighted by molar-refractivity contribution is -0.131. The quantitative estimate of drug-likeness (QED) is 0.531. The number of pyridine rings is 1. The number of amidine groups is 2. The Labute approximate surface area is 211 Å². The Balaban J connectivity index is 1.51. The van der Waals surface area contributed by atoms with Crippen LogP contribution in [0.5, 0.6) is 0 Å². The van der Waals surface area contributed by atoms with Crippen molar-refractivity contribution in [3.63, 3.8) is 0 Å². The summed E-state index contributed by atoms with van der Waals surface area (Å²) in [5.74, 6) is 0.895. The van der Waals surface area contributed by atoms with E-state index in [0.717, 1.165) is 11.1 Å². The smallest absolute Gasteiger partial charge is 0.255 e. The number of aromatic nitrogens is 1. The van der Waals surface area contributed by atoms with Crippen LogP contribution >= 0.6 is 0 Å². The van der Waals surface area contributed by atoms with Gasteiger partial charge in [-0.1, -0.05) is 66.7 Å². The van der Waals surface area contributed by atoms with Crippen molar-refractivity contribution in [2.45, 2.75) is 51.9 Å². The second-order valence-electron chi connectivity index (χ2n) is 10.2. The highest BCUT2D eigenvalue weighted by atomic mass is 16.2. The Hall–Kier alpha value is -4.13. The summed E-state index contributed by atoms with van der Waals surface area (Å²) in [5.41, 5.74) is 1.39. The number of rotatable bonds is 6. The Morgan fingerprint density at radius 3 is 1.36 bits per heavy atom. The molecular formula is C29H29N5O2. The monoisotopic (exact) mass is 479 g/mol. The zero-order valence-electron chi connectivity index (χ0n) is 21.0. The molecule has 1 aromatic heterocycles. The predicted octanol–water partition coefficient (Wildman–Crippen LogP) is 4.22. The molecule has 7 nitrogen and oxygen atoms in total. The summed E-state index contributed by atoms with van der Waals surface area (Å²) in [4.78, 5) is 44.3. The minimum Gasteiger partial charge on any atom is -0.289 e. The first-order chi connectivity index (χ1) is 17.2. The molecule has 2 amide bonds. The van der Waals surface area contributed by atoms with Gasteiger partial charge in [0.2, 0.25) is 0 Å². The van der Waals surface area contributed by atoms with Gasteiger partial charge in [-0.15, -0.1) is 0 Å². The molecule has 2 aliphatic rings. The molecule has 3 heterocycles. The van der Waals surface area contributed by atoms with Crippen LogP contribution in [0.15, 0.2) is 88.8 Å². The predicted molar refractivity (Wildman–Crippen MR) is 139 cm³/mol. The van der Waals surface area contributed by atoms with E-state index in [1.54, 1.807) is 9.80 Å². The maximum atomic E-state index is 13.2. The molecule has 5 rings (SSSR count). The highest BCUT2D eigenvalue weighted by molar-refractivity contribution is 6.16. The van der Waals surface area contributed by atoms with Crippen LogP contribution in [0.4, 0.5) is 0 Å². The Kier molecular flexibility index (Phi) is 5.79. The lowest BCUT2D eigenvalue weighted by Gasteiger charge is -2.22. The molecule has 36 heavy (non-hydrogen) atoms. The summed E-state index contributed by atoms with van der Waals surface area (Å²) in [7, 11) is 0. The number of amides is 2. The molecule has 0 atom stereocenters. The van der Waals surface area contributed by atoms with Gasteiger partial charge in [-0.05, 0) is 51.0 Å². The molecule has 0 aliphatic carbocycles. The standard InChI is InChI=1S/C29H29N5O2/c1-28(2)26(35)33(18-20-12-7-5-8-13-20)24(31-28)22-16-11-17-23(30-22)25-32-29(3,4)27(36)34(25)19-21-14-9-6-10-15-21/h5-17H,18-19H2,1-4H3. The van der Waals surface area contributed by atoms with Crippen molar-refractivity contribution < 1.29 is 9.59 Å². The van der Waals surface area contributed by atoms with Crippen LogP contribution in [-0.4, -0.2) is 49.3 Å². The van der Waals surface area contributed by atoms with Gasteiger partial charge in [-0.3, -0.25) is 19.4 Å². The maximum Gasteiger partial charge on any atom is 0.255 e. The van der Waals surface area contributed by atoms with Crippen LogP contribution in [0.3, 0.4) is 0 Å². The molecule has 2 aliphatic heterocycles. The second kappa shape index (κ2) is 8.82. The fraction of sp³-hybridized carbons (Fsp3) is 0.276. The van der Waals surface area contributed by atoms with Gasteiger partial charge in [0.05, 0.1) is 13.1 Å². The number of nitrogens with zero attached hydrogens (tertiary/aromatic N) is 5. The first-order valence-corrected chi connectivity index (χ1v) is 12.0. The van der Waals surface area contributed by atoms with Crippen molar-refractivity contribution in [1.29, 1.82) is 0 Å². The summed E-state index contributed by atoms with van der Waals surface area (Å²) < 4.78 is 0. The van der Waals surface area contributed by atoms with Crippen LogP contribution in [0.25, 0.3) is 0 Å². The number of carbonyl (C=O) groups is 2. The minimum absolute atomic E-state index is 0.0752. The third kappa shape index (κ3) is 4.33. The number of hydrogen-bond donors (Lipinski definition) is 0. The lowest BCUT2D eigenvalue weighted by atomic mass is 10.1. The van der Waals surface area contributed by atoms with E-state index in [1.807, 2.05) is 107 Å². The van der Waals surface area contributed by atoms with Gasteiger partial charge in [0, 0.05) is 0 Å². The average Bonchev–Trinajstić information content (AvgIpc) is 3.24. The molecule has 0 saturated carbocycles. The first-order valence-electron chi connectivity index (χ1n) is 12.0. The lowest BCUT2D eigenvalue weighted by Crippen LogP contribution is -2.40. The van der Waals surface area contributed by atoms with Crippen LogP contribution in [0.2, 0.25) is 0 Å². The summed E-state index contributed by atoms with van der Waals surface area (Å²) in [6, 6.07) is 25.2. The Morgan fingerprint density at radius 2 is 0.972 bits per heavy atom. The van der Waals surface area contributed by atoms with Crippen molar-refractivity contribution >= 4 is 23.5 Å². The van der Waals surface area contributed by atoms with Gasteiger partial charge in [-0.2, -0.15) is 0 Å². The molecule has 0 unspecified atom stereocenters. The molecule has 0 saturated heterocycles. The fourth-order valence-electron chi connectivity index (χ4n) is 4.50. The maximum absolute atomic E-state index is 13.2. The van der Waals surface area contributed by atoms with Gasteiger partial charge < -0.3 is 0 Å². The molecule has 0 N–H and O–H groups in total. The molecule has 7 heteroatoms. The van der Waals surface area contributed by atoms with Crippen molar-refractivity contribution in [3.8, 4) is 0 Å². The van der Waals surface area contributed by atoms with Crippen LogP contribution in [-0.2, 0) is 22.7 Å². The highest BCUT2D eigenvalue weighted by Crippen LogP contribution is 2.29. The van der Waals surface area contributed by atoms with E-state index in [2.05, 4.69) is 0 Å². The van der Waals surface area contributed by atoms with E-state index in [-0.39, 0.29) is 11.8 Å². The zero-order valence-corrected chi connectivity index (χ0v) is 21.0. The average molecular weight is 480 g/mol. The molecule has 2 aromatic carbocycles. The zero-order chi connectivity index (χ0) is 25.5. The van der Waals surface area contributed by atoms with Crippen molar-refractivity contribution in [3.05, 3.63) is 101 Å². The third-order valence-electron chi connectivity index (χ3n) is 6.39. The third-order valence-corrected chi connectivity index (χ3v) is 6.39. The van der Waals surface area contributed by atoms with E-state index < -0.39 is 11.1 Å². The summed E-state index contributed by atoms with van der Waals surface area (Å²) in [6.07, 6.45) is 0. The summed E-state index contributed by atoms with van der Waals surface area (Å²) >= 11 is 0. The number of aliphatic imine (C=N–C) groups is 2. The van der Waals surface area contributed by atoms with E-state index in [9.17, 15) is 9.59 Å². The van der Waals surface area contributed by atoms with Crippen molar-refractivity contribution in [2.75, 3.05) is 0 Å². The SMILES string of the molecule is CC1(C)N=C(c2cccc(C3=NC(C)(C)C(=O)N3Cc3ccccc3)n2)N(Cc2ccccc2)C1=O. The van der Waals surface area contributed by atoms with Crippen LogP contribution in [0.1, 0.15) is 50.2 Å². The first kappa shape index (κ1) is 23.6. The van der Waals surface area contributed by atoms with E-state index in [4.69, 9.17) is 15.0 Å². The van der Waals surface area contributed by atoms with Gasteiger partial charge >= 0.3 is 0 Å². The normalized spacial score (nSPS) is 18.4. The number of carbonyl (C=O) groups excluding carboxylic acids is 2. The van der Waals surface area contributed by atoms with Gasteiger partial charge in [-0.25, -0.2) is 15.0 Å². The fourth-order valence-corrected chi connectivity index (χ4v) is 4.50.